The van der Waals surface area contributed by atoms with Crippen molar-refractivity contribution in [3.8, 4) is 28.4 Å². The maximum Gasteiger partial charge on any atom is 0.276 e. The van der Waals surface area contributed by atoms with Gasteiger partial charge in [0, 0.05) is 55.6 Å². The predicted octanol–water partition coefficient (Wildman–Crippen LogP) is 4.25. The smallest absolute Gasteiger partial charge is 0.276 e. The Hall–Kier alpha value is -3.66. The molecule has 1 aromatic heterocycles. The predicted molar refractivity (Wildman–Crippen MR) is 149 cm³/mol. The van der Waals surface area contributed by atoms with Crippen molar-refractivity contribution in [1.82, 2.24) is 19.4 Å². The van der Waals surface area contributed by atoms with E-state index in [4.69, 9.17) is 9.72 Å². The Labute approximate surface area is 218 Å². The number of aromatic nitrogens is 2. The molecule has 4 aromatic rings. The van der Waals surface area contributed by atoms with Crippen LogP contribution in [-0.4, -0.2) is 52.2 Å². The van der Waals surface area contributed by atoms with Crippen molar-refractivity contribution in [2.75, 3.05) is 38.7 Å². The molecule has 0 aliphatic rings. The third-order valence-corrected chi connectivity index (χ3v) is 7.18. The molecule has 9 heteroatoms. The van der Waals surface area contributed by atoms with Gasteiger partial charge < -0.3 is 14.6 Å². The lowest BCUT2D eigenvalue weighted by Gasteiger charge is -2.19. The van der Waals surface area contributed by atoms with Crippen molar-refractivity contribution < 1.29 is 13.2 Å². The highest BCUT2D eigenvalue weighted by atomic mass is 32.2. The Kier molecular flexibility index (Phi) is 8.95. The summed E-state index contributed by atoms with van der Waals surface area (Å²) in [6.07, 6.45) is 1.15. The molecule has 0 fully saturated rings. The molecule has 37 heavy (non-hydrogen) atoms. The van der Waals surface area contributed by atoms with Crippen LogP contribution in [0.1, 0.15) is 12.1 Å². The first-order valence-corrected chi connectivity index (χ1v) is 13.7. The van der Waals surface area contributed by atoms with E-state index in [1.165, 1.54) is 0 Å². The quantitative estimate of drug-likeness (QED) is 0.230. The molecule has 0 saturated heterocycles. The minimum absolute atomic E-state index is 0.235. The number of imidazole rings is 1. The fraction of sp³-hybridized carbons (Fsp3) is 0.250. The van der Waals surface area contributed by atoms with Crippen LogP contribution in [0.5, 0.6) is 5.75 Å². The average molecular weight is 520 g/mol. The van der Waals surface area contributed by atoms with Crippen molar-refractivity contribution in [2.24, 2.45) is 0 Å². The number of benzene rings is 3. The molecule has 0 amide bonds. The Morgan fingerprint density at radius 1 is 0.865 bits per heavy atom. The van der Waals surface area contributed by atoms with Gasteiger partial charge in [-0.2, -0.15) is 8.42 Å². The summed E-state index contributed by atoms with van der Waals surface area (Å²) in [5, 5.41) is 0. The summed E-state index contributed by atoms with van der Waals surface area (Å²) in [7, 11) is 0.0103. The Morgan fingerprint density at radius 3 is 2.19 bits per heavy atom. The molecule has 0 atom stereocenters. The zero-order valence-corrected chi connectivity index (χ0v) is 22.0. The van der Waals surface area contributed by atoms with Gasteiger partial charge in [-0.1, -0.05) is 48.5 Å². The van der Waals surface area contributed by atoms with Crippen molar-refractivity contribution in [2.45, 2.75) is 12.8 Å². The van der Waals surface area contributed by atoms with Gasteiger partial charge in [0.1, 0.15) is 11.6 Å². The number of anilines is 1. The number of nitrogens with one attached hydrogen (secondary N) is 3. The van der Waals surface area contributed by atoms with Crippen molar-refractivity contribution in [3.05, 3.63) is 90.6 Å². The molecule has 0 saturated carbocycles. The molecule has 3 N–H and O–H groups in total. The zero-order chi connectivity index (χ0) is 26.1. The fourth-order valence-corrected chi connectivity index (χ4v) is 4.89. The summed E-state index contributed by atoms with van der Waals surface area (Å²) in [6.45, 7) is 1.33. The second kappa shape index (κ2) is 12.5. The molecule has 4 rings (SSSR count). The first kappa shape index (κ1) is 26.4. The van der Waals surface area contributed by atoms with E-state index in [9.17, 15) is 8.42 Å². The van der Waals surface area contributed by atoms with E-state index in [0.717, 1.165) is 46.3 Å². The lowest BCUT2D eigenvalue weighted by molar-refractivity contribution is 0.415. The van der Waals surface area contributed by atoms with Gasteiger partial charge in [-0.3, -0.25) is 0 Å². The molecule has 0 unspecified atom stereocenters. The third-order valence-electron chi connectivity index (χ3n) is 6.02. The molecular weight excluding hydrogens is 486 g/mol. The fourth-order valence-electron chi connectivity index (χ4n) is 4.01. The number of ether oxygens (including phenoxy) is 1. The number of aromatic amines is 1. The topological polar surface area (TPSA) is 99.3 Å². The van der Waals surface area contributed by atoms with Crippen LogP contribution < -0.4 is 19.1 Å². The van der Waals surface area contributed by atoms with Gasteiger partial charge in [-0.15, -0.1) is 0 Å². The van der Waals surface area contributed by atoms with Crippen molar-refractivity contribution in [3.63, 3.8) is 0 Å². The van der Waals surface area contributed by atoms with Crippen LogP contribution in [0.15, 0.2) is 84.9 Å². The number of methoxy groups -OCH3 is 1. The lowest BCUT2D eigenvalue weighted by atomic mass is 10.1. The minimum atomic E-state index is -3.62. The van der Waals surface area contributed by atoms with Crippen LogP contribution in [0.2, 0.25) is 0 Å². The van der Waals surface area contributed by atoms with E-state index in [2.05, 4.69) is 19.3 Å². The largest absolute Gasteiger partial charge is 0.497 e. The molecule has 0 aliphatic carbocycles. The highest BCUT2D eigenvalue weighted by Crippen LogP contribution is 2.28. The number of hydrogen-bond acceptors (Lipinski definition) is 5. The molecule has 0 bridgehead atoms. The van der Waals surface area contributed by atoms with E-state index in [1.54, 1.807) is 7.11 Å². The molecule has 0 radical (unpaired) electrons. The summed E-state index contributed by atoms with van der Waals surface area (Å²) >= 11 is 0. The monoisotopic (exact) mass is 519 g/mol. The van der Waals surface area contributed by atoms with Crippen LogP contribution >= 0.6 is 0 Å². The summed E-state index contributed by atoms with van der Waals surface area (Å²) in [4.78, 5) is 10.3. The van der Waals surface area contributed by atoms with Gasteiger partial charge in [0.2, 0.25) is 0 Å². The van der Waals surface area contributed by atoms with E-state index in [-0.39, 0.29) is 6.54 Å². The lowest BCUT2D eigenvalue weighted by Crippen LogP contribution is -2.38. The Morgan fingerprint density at radius 2 is 1.51 bits per heavy atom. The molecule has 1 heterocycles. The van der Waals surface area contributed by atoms with Gasteiger partial charge in [-0.25, -0.2) is 14.4 Å². The number of para-hydroxylation sites is 1. The summed E-state index contributed by atoms with van der Waals surface area (Å²) in [5.74, 6) is 1.50. The van der Waals surface area contributed by atoms with Crippen molar-refractivity contribution >= 4 is 15.9 Å². The molecule has 0 aliphatic heterocycles. The number of rotatable bonds is 13. The number of H-pyrrole nitrogens is 1. The third kappa shape index (κ3) is 7.42. The maximum atomic E-state index is 12.5. The Balaban J connectivity index is 1.35. The first-order valence-electron chi connectivity index (χ1n) is 12.2. The van der Waals surface area contributed by atoms with Gasteiger partial charge in [-0.05, 0) is 42.8 Å². The second-order valence-electron chi connectivity index (χ2n) is 8.66. The van der Waals surface area contributed by atoms with E-state index < -0.39 is 10.2 Å². The second-order valence-corrected chi connectivity index (χ2v) is 10.2. The van der Waals surface area contributed by atoms with Gasteiger partial charge in [0.25, 0.3) is 10.2 Å². The minimum Gasteiger partial charge on any atom is -0.497 e. The highest BCUT2D eigenvalue weighted by molar-refractivity contribution is 7.87. The van der Waals surface area contributed by atoms with Crippen LogP contribution in [0.25, 0.3) is 22.6 Å². The molecule has 8 nitrogen and oxygen atoms in total. The van der Waals surface area contributed by atoms with Crippen LogP contribution in [0, 0.1) is 0 Å². The van der Waals surface area contributed by atoms with Crippen LogP contribution in [-0.2, 0) is 16.6 Å². The number of hydrogen-bond donors (Lipinski definition) is 3. The molecule has 0 spiro atoms. The molecule has 194 valence electrons. The Bertz CT molecular complexity index is 1360. The van der Waals surface area contributed by atoms with E-state index in [0.29, 0.717) is 19.4 Å². The maximum absolute atomic E-state index is 12.5. The summed E-state index contributed by atoms with van der Waals surface area (Å²) in [5.41, 5.74) is 4.64. The normalized spacial score (nSPS) is 11.4. The summed E-state index contributed by atoms with van der Waals surface area (Å²) in [6, 6.07) is 27.5. The average Bonchev–Trinajstić information content (AvgIpc) is 3.36. The van der Waals surface area contributed by atoms with Gasteiger partial charge >= 0.3 is 0 Å². The molecular formula is C28H33N5O3S. The van der Waals surface area contributed by atoms with Crippen molar-refractivity contribution in [1.29, 1.82) is 0 Å². The SMILES string of the molecule is COc1ccc(-c2nc(-c3ccccc3)[nH]c2CCNS(=O)(=O)NCCCN(C)c2ccccc2)cc1. The zero-order valence-electron chi connectivity index (χ0n) is 21.1. The van der Waals surface area contributed by atoms with E-state index in [1.807, 2.05) is 92.0 Å². The molecule has 3 aromatic carbocycles. The van der Waals surface area contributed by atoms with Gasteiger partial charge in [0.05, 0.1) is 12.8 Å². The van der Waals surface area contributed by atoms with E-state index >= 15 is 0 Å². The van der Waals surface area contributed by atoms with Gasteiger partial charge in [0.15, 0.2) is 0 Å². The highest BCUT2D eigenvalue weighted by Gasteiger charge is 2.15. The number of nitrogens with zero attached hydrogens (tertiary/aromatic N) is 2. The van der Waals surface area contributed by atoms with Crippen LogP contribution in [0.3, 0.4) is 0 Å². The van der Waals surface area contributed by atoms with Crippen LogP contribution in [0.4, 0.5) is 5.69 Å². The standard InChI is InChI=1S/C28H33N5O3S/c1-33(24-12-7-4-8-13-24)21-9-19-29-37(34,35)30-20-18-26-27(22-14-16-25(36-2)17-15-22)32-28(31-26)23-10-5-3-6-11-23/h3-8,10-17,29-30H,9,18-21H2,1-2H3,(H,31,32). The summed E-state index contributed by atoms with van der Waals surface area (Å²) < 4.78 is 35.6. The first-order chi connectivity index (χ1) is 17.9.